The Hall–Kier alpha value is -2.13. The lowest BCUT2D eigenvalue weighted by Crippen LogP contribution is -2.38. The van der Waals surface area contributed by atoms with Gasteiger partial charge in [0.05, 0.1) is 0 Å². The van der Waals surface area contributed by atoms with Crippen molar-refractivity contribution in [3.63, 3.8) is 0 Å². The van der Waals surface area contributed by atoms with Crippen molar-refractivity contribution in [1.82, 2.24) is 5.32 Å². The first-order valence-electron chi connectivity index (χ1n) is 7.32. The van der Waals surface area contributed by atoms with Crippen LogP contribution in [-0.2, 0) is 4.74 Å². The van der Waals surface area contributed by atoms with Crippen molar-refractivity contribution in [3.8, 4) is 0 Å². The molecule has 3 nitrogen and oxygen atoms in total. The molecule has 2 aromatic carbocycles. The quantitative estimate of drug-likeness (QED) is 0.936. The molecule has 1 N–H and O–H groups in total. The van der Waals surface area contributed by atoms with Crippen molar-refractivity contribution in [2.75, 3.05) is 13.2 Å². The number of nitrogens with one attached hydrogen (secondary N) is 1. The van der Waals surface area contributed by atoms with Gasteiger partial charge in [-0.2, -0.15) is 0 Å². The minimum absolute atomic E-state index is 0.00666. The van der Waals surface area contributed by atoms with Gasteiger partial charge in [0, 0.05) is 24.8 Å². The number of carbonyl (C=O) groups excluding carboxylic acids is 1. The third-order valence-electron chi connectivity index (χ3n) is 3.95. The standard InChI is InChI=1S/C18H19NO2/c1-2-13-4-3-5-14-12-15(6-7-17(13)14)18(20)19-16-8-10-21-11-9-16/h2-7,12,16H,1,8-11H2,(H,19,20). The zero-order chi connectivity index (χ0) is 14.7. The van der Waals surface area contributed by atoms with Crippen molar-refractivity contribution < 1.29 is 9.53 Å². The van der Waals surface area contributed by atoms with E-state index in [-0.39, 0.29) is 11.9 Å². The highest BCUT2D eigenvalue weighted by Gasteiger charge is 2.17. The summed E-state index contributed by atoms with van der Waals surface area (Å²) in [7, 11) is 0. The molecule has 0 radical (unpaired) electrons. The van der Waals surface area contributed by atoms with Crippen LogP contribution in [-0.4, -0.2) is 25.2 Å². The second-order valence-electron chi connectivity index (χ2n) is 5.35. The van der Waals surface area contributed by atoms with Crippen molar-refractivity contribution in [2.24, 2.45) is 0 Å². The van der Waals surface area contributed by atoms with Crippen LogP contribution in [0.5, 0.6) is 0 Å². The molecule has 0 unspecified atom stereocenters. The van der Waals surface area contributed by atoms with Gasteiger partial charge in [-0.25, -0.2) is 0 Å². The lowest BCUT2D eigenvalue weighted by Gasteiger charge is -2.23. The summed E-state index contributed by atoms with van der Waals surface area (Å²) < 4.78 is 5.31. The summed E-state index contributed by atoms with van der Waals surface area (Å²) >= 11 is 0. The van der Waals surface area contributed by atoms with Gasteiger partial charge in [-0.1, -0.05) is 36.9 Å². The summed E-state index contributed by atoms with van der Waals surface area (Å²) in [5.41, 5.74) is 1.79. The normalized spacial score (nSPS) is 15.8. The molecule has 0 saturated carbocycles. The number of amides is 1. The highest BCUT2D eigenvalue weighted by Crippen LogP contribution is 2.21. The topological polar surface area (TPSA) is 38.3 Å². The van der Waals surface area contributed by atoms with Crippen LogP contribution in [0.25, 0.3) is 16.8 Å². The molecule has 1 fully saturated rings. The maximum atomic E-state index is 12.3. The minimum Gasteiger partial charge on any atom is -0.381 e. The Morgan fingerprint density at radius 3 is 2.81 bits per heavy atom. The average molecular weight is 281 g/mol. The first-order valence-corrected chi connectivity index (χ1v) is 7.32. The van der Waals surface area contributed by atoms with Gasteiger partial charge >= 0.3 is 0 Å². The third-order valence-corrected chi connectivity index (χ3v) is 3.95. The molecule has 2 aromatic rings. The fraction of sp³-hybridized carbons (Fsp3) is 0.278. The summed E-state index contributed by atoms with van der Waals surface area (Å²) in [6, 6.07) is 12.1. The zero-order valence-electron chi connectivity index (χ0n) is 12.0. The van der Waals surface area contributed by atoms with Crippen LogP contribution in [0.2, 0.25) is 0 Å². The molecule has 0 spiro atoms. The molecule has 3 rings (SSSR count). The van der Waals surface area contributed by atoms with Crippen molar-refractivity contribution in [2.45, 2.75) is 18.9 Å². The van der Waals surface area contributed by atoms with Crippen LogP contribution in [0, 0.1) is 0 Å². The Kier molecular flexibility index (Phi) is 4.02. The molecular weight excluding hydrogens is 262 g/mol. The molecule has 1 heterocycles. The first-order chi connectivity index (χ1) is 10.3. The van der Waals surface area contributed by atoms with Gasteiger partial charge in [-0.3, -0.25) is 4.79 Å². The molecule has 108 valence electrons. The maximum absolute atomic E-state index is 12.3. The summed E-state index contributed by atoms with van der Waals surface area (Å²) in [6.07, 6.45) is 3.62. The average Bonchev–Trinajstić information content (AvgIpc) is 2.54. The fourth-order valence-electron chi connectivity index (χ4n) is 2.74. The monoisotopic (exact) mass is 281 g/mol. The van der Waals surface area contributed by atoms with E-state index in [4.69, 9.17) is 4.74 Å². The summed E-state index contributed by atoms with van der Waals surface area (Å²) in [6.45, 7) is 5.28. The van der Waals surface area contributed by atoms with E-state index in [1.807, 2.05) is 42.5 Å². The molecule has 0 aromatic heterocycles. The van der Waals surface area contributed by atoms with Crippen LogP contribution in [0.3, 0.4) is 0 Å². The molecule has 21 heavy (non-hydrogen) atoms. The van der Waals surface area contributed by atoms with E-state index in [9.17, 15) is 4.79 Å². The summed E-state index contributed by atoms with van der Waals surface area (Å²) in [5, 5.41) is 5.27. The molecule has 1 aliphatic rings. The van der Waals surface area contributed by atoms with Crippen molar-refractivity contribution in [1.29, 1.82) is 0 Å². The number of benzene rings is 2. The Bertz CT molecular complexity index is 672. The molecule has 0 atom stereocenters. The SMILES string of the molecule is C=Cc1cccc2cc(C(=O)NC3CCOCC3)ccc12. The van der Waals surface area contributed by atoms with Gasteiger partial charge in [-0.15, -0.1) is 0 Å². The van der Waals surface area contributed by atoms with Gasteiger partial charge in [-0.05, 0) is 41.3 Å². The lowest BCUT2D eigenvalue weighted by atomic mass is 10.0. The zero-order valence-corrected chi connectivity index (χ0v) is 12.0. The van der Waals surface area contributed by atoms with E-state index in [1.54, 1.807) is 0 Å². The number of hydrogen-bond donors (Lipinski definition) is 1. The second kappa shape index (κ2) is 6.10. The highest BCUT2D eigenvalue weighted by atomic mass is 16.5. The van der Waals surface area contributed by atoms with Gasteiger partial charge in [0.15, 0.2) is 0 Å². The molecule has 1 aliphatic heterocycles. The molecule has 1 amide bonds. The number of fused-ring (bicyclic) bond motifs is 1. The van der Waals surface area contributed by atoms with Gasteiger partial charge in [0.25, 0.3) is 5.91 Å². The largest absolute Gasteiger partial charge is 0.381 e. The summed E-state index contributed by atoms with van der Waals surface area (Å²) in [4.78, 5) is 12.3. The highest BCUT2D eigenvalue weighted by molar-refractivity contribution is 6.00. The van der Waals surface area contributed by atoms with Crippen molar-refractivity contribution >= 4 is 22.8 Å². The van der Waals surface area contributed by atoms with E-state index < -0.39 is 0 Å². The van der Waals surface area contributed by atoms with Crippen LogP contribution in [0.4, 0.5) is 0 Å². The van der Waals surface area contributed by atoms with E-state index >= 15 is 0 Å². The Labute approximate surface area is 124 Å². The minimum atomic E-state index is -0.00666. The molecule has 1 saturated heterocycles. The molecular formula is C18H19NO2. The third kappa shape index (κ3) is 2.98. The lowest BCUT2D eigenvalue weighted by molar-refractivity contribution is 0.0696. The van der Waals surface area contributed by atoms with E-state index in [2.05, 4.69) is 11.9 Å². The van der Waals surface area contributed by atoms with Crippen LogP contribution >= 0.6 is 0 Å². The van der Waals surface area contributed by atoms with E-state index in [0.717, 1.165) is 42.4 Å². The number of ether oxygens (including phenoxy) is 1. The van der Waals surface area contributed by atoms with Crippen molar-refractivity contribution in [3.05, 3.63) is 54.1 Å². The Balaban J connectivity index is 1.83. The number of hydrogen-bond acceptors (Lipinski definition) is 2. The molecule has 3 heteroatoms. The predicted molar refractivity (Wildman–Crippen MR) is 85.3 cm³/mol. The van der Waals surface area contributed by atoms with Gasteiger partial charge in [0.1, 0.15) is 0 Å². The second-order valence-corrected chi connectivity index (χ2v) is 5.35. The van der Waals surface area contributed by atoms with E-state index in [1.165, 1.54) is 0 Å². The van der Waals surface area contributed by atoms with Crippen LogP contribution in [0.1, 0.15) is 28.8 Å². The Morgan fingerprint density at radius 1 is 1.24 bits per heavy atom. The van der Waals surface area contributed by atoms with Gasteiger partial charge in [0.2, 0.25) is 0 Å². The van der Waals surface area contributed by atoms with Crippen LogP contribution < -0.4 is 5.32 Å². The first kappa shape index (κ1) is 13.8. The predicted octanol–water partition coefficient (Wildman–Crippen LogP) is 3.39. The van der Waals surface area contributed by atoms with Gasteiger partial charge < -0.3 is 10.1 Å². The number of rotatable bonds is 3. The Morgan fingerprint density at radius 2 is 2.05 bits per heavy atom. The fourth-order valence-corrected chi connectivity index (χ4v) is 2.74. The summed E-state index contributed by atoms with van der Waals surface area (Å²) in [5.74, 6) is -0.00666. The van der Waals surface area contributed by atoms with Crippen LogP contribution in [0.15, 0.2) is 43.0 Å². The molecule has 0 bridgehead atoms. The maximum Gasteiger partial charge on any atom is 0.251 e. The number of carbonyl (C=O) groups is 1. The molecule has 0 aliphatic carbocycles. The smallest absolute Gasteiger partial charge is 0.251 e. The van der Waals surface area contributed by atoms with E-state index in [0.29, 0.717) is 5.56 Å².